The summed E-state index contributed by atoms with van der Waals surface area (Å²) in [4.78, 5) is 21.6. The van der Waals surface area contributed by atoms with E-state index in [1.54, 1.807) is 18.2 Å². The molecule has 1 aromatic rings. The molecule has 1 aliphatic carbocycles. The number of hydrogen-bond donors (Lipinski definition) is 1. The summed E-state index contributed by atoms with van der Waals surface area (Å²) in [6.45, 7) is 0. The molecular weight excluding hydrogens is 246 g/mol. The van der Waals surface area contributed by atoms with Gasteiger partial charge in [-0.15, -0.1) is 0 Å². The molecule has 5 nitrogen and oxygen atoms in total. The van der Waals surface area contributed by atoms with Crippen LogP contribution in [0.1, 0.15) is 43.6 Å². The van der Waals surface area contributed by atoms with Gasteiger partial charge in [0.1, 0.15) is 0 Å². The number of para-hydroxylation sites is 1. The van der Waals surface area contributed by atoms with Crippen molar-refractivity contribution in [2.75, 3.05) is 0 Å². The second kappa shape index (κ2) is 5.82. The van der Waals surface area contributed by atoms with Crippen LogP contribution in [0.15, 0.2) is 24.3 Å². The Morgan fingerprint density at radius 3 is 2.68 bits per heavy atom. The van der Waals surface area contributed by atoms with Crippen molar-refractivity contribution in [3.05, 3.63) is 39.9 Å². The fraction of sp³-hybridized carbons (Fsp3) is 0.500. The fourth-order valence-electron chi connectivity index (χ4n) is 3.05. The molecule has 1 aliphatic rings. The maximum Gasteiger partial charge on any atom is 0.303 e. The van der Waals surface area contributed by atoms with Crippen molar-refractivity contribution in [3.63, 3.8) is 0 Å². The van der Waals surface area contributed by atoms with E-state index in [0.29, 0.717) is 5.56 Å². The van der Waals surface area contributed by atoms with Gasteiger partial charge in [0.2, 0.25) is 0 Å². The van der Waals surface area contributed by atoms with Crippen molar-refractivity contribution in [2.45, 2.75) is 38.0 Å². The van der Waals surface area contributed by atoms with E-state index in [0.717, 1.165) is 25.7 Å². The Labute approximate surface area is 111 Å². The minimum Gasteiger partial charge on any atom is -0.481 e. The smallest absolute Gasteiger partial charge is 0.303 e. The molecule has 0 aromatic heterocycles. The highest BCUT2D eigenvalue weighted by molar-refractivity contribution is 5.67. The number of nitro groups is 1. The number of hydrogen-bond acceptors (Lipinski definition) is 3. The molecule has 5 heteroatoms. The van der Waals surface area contributed by atoms with Gasteiger partial charge in [-0.3, -0.25) is 14.9 Å². The van der Waals surface area contributed by atoms with E-state index in [1.807, 2.05) is 0 Å². The Morgan fingerprint density at radius 2 is 2.00 bits per heavy atom. The third-order valence-corrected chi connectivity index (χ3v) is 3.88. The lowest BCUT2D eigenvalue weighted by atomic mass is 9.73. The normalized spacial score (nSPS) is 22.9. The lowest BCUT2D eigenvalue weighted by molar-refractivity contribution is -0.385. The SMILES string of the molecule is O=C(O)CC1CCCCC1c1ccccc1[N+](=O)[O-]. The minimum absolute atomic E-state index is 0.00681. The van der Waals surface area contributed by atoms with E-state index in [-0.39, 0.29) is 28.9 Å². The maximum atomic E-state index is 11.1. The molecule has 2 rings (SSSR count). The Kier molecular flexibility index (Phi) is 4.14. The predicted molar refractivity (Wildman–Crippen MR) is 70.0 cm³/mol. The topological polar surface area (TPSA) is 80.4 Å². The molecule has 0 radical (unpaired) electrons. The van der Waals surface area contributed by atoms with Crippen LogP contribution in [0.3, 0.4) is 0 Å². The van der Waals surface area contributed by atoms with Gasteiger partial charge < -0.3 is 5.11 Å². The van der Waals surface area contributed by atoms with Gasteiger partial charge in [0.15, 0.2) is 0 Å². The number of rotatable bonds is 4. The minimum atomic E-state index is -0.824. The summed E-state index contributed by atoms with van der Waals surface area (Å²) in [5.41, 5.74) is 0.809. The summed E-state index contributed by atoms with van der Waals surface area (Å²) in [5, 5.41) is 20.1. The van der Waals surface area contributed by atoms with Gasteiger partial charge in [0, 0.05) is 18.1 Å². The van der Waals surface area contributed by atoms with E-state index in [1.165, 1.54) is 6.07 Å². The average Bonchev–Trinajstić information content (AvgIpc) is 2.38. The second-order valence-electron chi connectivity index (χ2n) is 5.06. The van der Waals surface area contributed by atoms with Crippen LogP contribution in [-0.2, 0) is 4.79 Å². The Bertz CT molecular complexity index is 486. The number of nitro benzene ring substituents is 1. The summed E-state index contributed by atoms with van der Waals surface area (Å²) in [6, 6.07) is 6.70. The molecule has 102 valence electrons. The maximum absolute atomic E-state index is 11.1. The van der Waals surface area contributed by atoms with Crippen LogP contribution in [0, 0.1) is 16.0 Å². The van der Waals surface area contributed by atoms with E-state index in [4.69, 9.17) is 5.11 Å². The van der Waals surface area contributed by atoms with Crippen LogP contribution < -0.4 is 0 Å². The number of aliphatic carboxylic acids is 1. The summed E-state index contributed by atoms with van der Waals surface area (Å²) < 4.78 is 0. The Hall–Kier alpha value is -1.91. The van der Waals surface area contributed by atoms with Crippen LogP contribution in [0.4, 0.5) is 5.69 Å². The van der Waals surface area contributed by atoms with Gasteiger partial charge in [-0.1, -0.05) is 31.0 Å². The third kappa shape index (κ3) is 3.10. The van der Waals surface area contributed by atoms with Gasteiger partial charge in [0.25, 0.3) is 5.69 Å². The summed E-state index contributed by atoms with van der Waals surface area (Å²) in [6.07, 6.45) is 3.78. The average molecular weight is 263 g/mol. The highest BCUT2D eigenvalue weighted by atomic mass is 16.6. The molecule has 0 bridgehead atoms. The van der Waals surface area contributed by atoms with E-state index >= 15 is 0 Å². The molecule has 1 aromatic carbocycles. The van der Waals surface area contributed by atoms with Crippen molar-refractivity contribution in [1.29, 1.82) is 0 Å². The number of benzene rings is 1. The third-order valence-electron chi connectivity index (χ3n) is 3.88. The molecule has 0 spiro atoms. The molecule has 2 atom stereocenters. The second-order valence-corrected chi connectivity index (χ2v) is 5.06. The molecule has 0 amide bonds. The highest BCUT2D eigenvalue weighted by Gasteiger charge is 2.32. The van der Waals surface area contributed by atoms with Crippen molar-refractivity contribution in [2.24, 2.45) is 5.92 Å². The first-order valence-corrected chi connectivity index (χ1v) is 6.54. The first-order chi connectivity index (χ1) is 9.09. The van der Waals surface area contributed by atoms with Crippen LogP contribution in [0.5, 0.6) is 0 Å². The lowest BCUT2D eigenvalue weighted by Gasteiger charge is -2.30. The van der Waals surface area contributed by atoms with Crippen molar-refractivity contribution in [3.8, 4) is 0 Å². The van der Waals surface area contributed by atoms with Crippen LogP contribution >= 0.6 is 0 Å². The molecule has 0 heterocycles. The van der Waals surface area contributed by atoms with Gasteiger partial charge in [-0.25, -0.2) is 0 Å². The molecule has 2 unspecified atom stereocenters. The molecular formula is C14H17NO4. The van der Waals surface area contributed by atoms with Crippen molar-refractivity contribution < 1.29 is 14.8 Å². The number of carbonyl (C=O) groups is 1. The van der Waals surface area contributed by atoms with Crippen LogP contribution in [0.25, 0.3) is 0 Å². The summed E-state index contributed by atoms with van der Waals surface area (Å²) in [5.74, 6) is -0.825. The van der Waals surface area contributed by atoms with Gasteiger partial charge >= 0.3 is 5.97 Å². The zero-order valence-electron chi connectivity index (χ0n) is 10.6. The van der Waals surface area contributed by atoms with Gasteiger partial charge in [-0.05, 0) is 24.7 Å². The molecule has 19 heavy (non-hydrogen) atoms. The molecule has 1 N–H and O–H groups in total. The number of nitrogens with zero attached hydrogens (tertiary/aromatic N) is 1. The fourth-order valence-corrected chi connectivity index (χ4v) is 3.05. The molecule has 0 aliphatic heterocycles. The largest absolute Gasteiger partial charge is 0.481 e. The van der Waals surface area contributed by atoms with E-state index in [2.05, 4.69) is 0 Å². The van der Waals surface area contributed by atoms with Crippen LogP contribution in [0.2, 0.25) is 0 Å². The zero-order chi connectivity index (χ0) is 13.8. The highest BCUT2D eigenvalue weighted by Crippen LogP contribution is 2.42. The summed E-state index contributed by atoms with van der Waals surface area (Å²) >= 11 is 0. The number of carboxylic acids is 1. The van der Waals surface area contributed by atoms with Crippen molar-refractivity contribution >= 4 is 11.7 Å². The Morgan fingerprint density at radius 1 is 1.32 bits per heavy atom. The molecule has 1 fully saturated rings. The van der Waals surface area contributed by atoms with Gasteiger partial charge in [0.05, 0.1) is 4.92 Å². The summed E-state index contributed by atoms with van der Waals surface area (Å²) in [7, 11) is 0. The quantitative estimate of drug-likeness (QED) is 0.667. The first-order valence-electron chi connectivity index (χ1n) is 6.54. The standard InChI is InChI=1S/C14H17NO4/c16-14(17)9-10-5-1-2-6-11(10)12-7-3-4-8-13(12)15(18)19/h3-4,7-8,10-11H,1-2,5-6,9H2,(H,16,17). The zero-order valence-corrected chi connectivity index (χ0v) is 10.6. The van der Waals surface area contributed by atoms with E-state index in [9.17, 15) is 14.9 Å². The van der Waals surface area contributed by atoms with Crippen molar-refractivity contribution in [1.82, 2.24) is 0 Å². The van der Waals surface area contributed by atoms with E-state index < -0.39 is 5.97 Å². The monoisotopic (exact) mass is 263 g/mol. The molecule has 0 saturated heterocycles. The van der Waals surface area contributed by atoms with Gasteiger partial charge in [-0.2, -0.15) is 0 Å². The first kappa shape index (κ1) is 13.5. The van der Waals surface area contributed by atoms with Crippen LogP contribution in [-0.4, -0.2) is 16.0 Å². The molecule has 1 saturated carbocycles. The number of carboxylic acid groups (broad SMARTS) is 1. The Balaban J connectivity index is 2.32. The predicted octanol–water partition coefficient (Wildman–Crippen LogP) is 3.34. The lowest BCUT2D eigenvalue weighted by Crippen LogP contribution is -2.21.